The van der Waals surface area contributed by atoms with Gasteiger partial charge in [-0.15, -0.1) is 0 Å². The van der Waals surface area contributed by atoms with Crippen LogP contribution in [0.1, 0.15) is 12.5 Å². The number of halogens is 1. The van der Waals surface area contributed by atoms with Gasteiger partial charge in [0.2, 0.25) is 0 Å². The molecule has 1 aliphatic heterocycles. The van der Waals surface area contributed by atoms with Crippen LogP contribution in [-0.2, 0) is 15.9 Å². The summed E-state index contributed by atoms with van der Waals surface area (Å²) in [6.07, 6.45) is 0.944. The van der Waals surface area contributed by atoms with E-state index in [9.17, 15) is 4.39 Å². The van der Waals surface area contributed by atoms with E-state index in [2.05, 4.69) is 12.2 Å². The van der Waals surface area contributed by atoms with E-state index in [1.54, 1.807) is 12.1 Å². The van der Waals surface area contributed by atoms with Crippen LogP contribution in [0.25, 0.3) is 0 Å². The van der Waals surface area contributed by atoms with Crippen molar-refractivity contribution in [3.63, 3.8) is 0 Å². The molecule has 0 aromatic heterocycles. The molecule has 2 unspecified atom stereocenters. The van der Waals surface area contributed by atoms with Crippen molar-refractivity contribution in [3.8, 4) is 0 Å². The quantitative estimate of drug-likeness (QED) is 0.867. The first-order valence-corrected chi connectivity index (χ1v) is 6.41. The zero-order chi connectivity index (χ0) is 12.8. The number of hydrogen-bond acceptors (Lipinski definition) is 3. The van der Waals surface area contributed by atoms with Gasteiger partial charge in [-0.1, -0.05) is 12.1 Å². The molecule has 1 aromatic rings. The van der Waals surface area contributed by atoms with Crippen LogP contribution in [0, 0.1) is 5.82 Å². The first kappa shape index (κ1) is 13.5. The molecule has 0 saturated carbocycles. The van der Waals surface area contributed by atoms with E-state index in [0.29, 0.717) is 19.8 Å². The predicted octanol–water partition coefficient (Wildman–Crippen LogP) is 1.76. The van der Waals surface area contributed by atoms with E-state index >= 15 is 0 Å². The summed E-state index contributed by atoms with van der Waals surface area (Å²) in [6, 6.07) is 7.03. The van der Waals surface area contributed by atoms with Crippen LogP contribution < -0.4 is 5.32 Å². The van der Waals surface area contributed by atoms with Crippen molar-refractivity contribution in [1.29, 1.82) is 0 Å². The normalized spacial score (nSPS) is 21.8. The SMILES string of the molecule is CC(Cc1cccc(F)c1)NCC1COCCO1. The second-order valence-electron chi connectivity index (χ2n) is 4.71. The summed E-state index contributed by atoms with van der Waals surface area (Å²) in [6.45, 7) is 4.88. The molecular formula is C14H20FNO2. The highest BCUT2D eigenvalue weighted by Crippen LogP contribution is 2.07. The van der Waals surface area contributed by atoms with Crippen LogP contribution in [0.3, 0.4) is 0 Å². The Kier molecular flexibility index (Phi) is 5.11. The molecule has 1 heterocycles. The molecule has 1 aliphatic rings. The van der Waals surface area contributed by atoms with Gasteiger partial charge in [-0.25, -0.2) is 4.39 Å². The Bertz CT molecular complexity index is 367. The van der Waals surface area contributed by atoms with Crippen molar-refractivity contribution in [2.75, 3.05) is 26.4 Å². The van der Waals surface area contributed by atoms with Crippen LogP contribution >= 0.6 is 0 Å². The molecule has 1 N–H and O–H groups in total. The lowest BCUT2D eigenvalue weighted by Gasteiger charge is -2.25. The van der Waals surface area contributed by atoms with E-state index in [1.807, 2.05) is 6.07 Å². The Balaban J connectivity index is 1.72. The van der Waals surface area contributed by atoms with E-state index in [4.69, 9.17) is 9.47 Å². The van der Waals surface area contributed by atoms with E-state index in [-0.39, 0.29) is 18.0 Å². The summed E-state index contributed by atoms with van der Waals surface area (Å²) < 4.78 is 23.9. The van der Waals surface area contributed by atoms with Crippen molar-refractivity contribution in [3.05, 3.63) is 35.6 Å². The van der Waals surface area contributed by atoms with E-state index in [0.717, 1.165) is 18.5 Å². The highest BCUT2D eigenvalue weighted by atomic mass is 19.1. The lowest BCUT2D eigenvalue weighted by molar-refractivity contribution is -0.0869. The summed E-state index contributed by atoms with van der Waals surface area (Å²) >= 11 is 0. The summed E-state index contributed by atoms with van der Waals surface area (Å²) in [7, 11) is 0. The zero-order valence-electron chi connectivity index (χ0n) is 10.7. The second-order valence-corrected chi connectivity index (χ2v) is 4.71. The fraction of sp³-hybridized carbons (Fsp3) is 0.571. The van der Waals surface area contributed by atoms with Crippen LogP contribution in [0.2, 0.25) is 0 Å². The fourth-order valence-electron chi connectivity index (χ4n) is 2.08. The first-order chi connectivity index (χ1) is 8.74. The maximum atomic E-state index is 13.0. The van der Waals surface area contributed by atoms with Crippen LogP contribution in [0.5, 0.6) is 0 Å². The summed E-state index contributed by atoms with van der Waals surface area (Å²) in [5.41, 5.74) is 1.01. The molecule has 100 valence electrons. The van der Waals surface area contributed by atoms with Gasteiger partial charge < -0.3 is 14.8 Å². The van der Waals surface area contributed by atoms with Crippen molar-refractivity contribution < 1.29 is 13.9 Å². The predicted molar refractivity (Wildman–Crippen MR) is 68.1 cm³/mol. The van der Waals surface area contributed by atoms with Crippen molar-refractivity contribution in [2.45, 2.75) is 25.5 Å². The molecule has 2 atom stereocenters. The minimum Gasteiger partial charge on any atom is -0.376 e. The van der Waals surface area contributed by atoms with Gasteiger partial charge in [-0.05, 0) is 31.0 Å². The molecule has 1 aromatic carbocycles. The molecule has 4 heteroatoms. The van der Waals surface area contributed by atoms with Gasteiger partial charge in [0, 0.05) is 12.6 Å². The largest absolute Gasteiger partial charge is 0.376 e. The third-order valence-corrected chi connectivity index (χ3v) is 3.01. The lowest BCUT2D eigenvalue weighted by atomic mass is 10.1. The third-order valence-electron chi connectivity index (χ3n) is 3.01. The maximum absolute atomic E-state index is 13.0. The minimum absolute atomic E-state index is 0.133. The molecule has 1 fully saturated rings. The van der Waals surface area contributed by atoms with Gasteiger partial charge in [0.05, 0.1) is 25.9 Å². The van der Waals surface area contributed by atoms with Gasteiger partial charge in [-0.3, -0.25) is 0 Å². The minimum atomic E-state index is -0.177. The molecule has 1 saturated heterocycles. The second kappa shape index (κ2) is 6.83. The molecule has 0 radical (unpaired) electrons. The molecule has 18 heavy (non-hydrogen) atoms. The number of nitrogens with one attached hydrogen (secondary N) is 1. The summed E-state index contributed by atoms with van der Waals surface area (Å²) in [4.78, 5) is 0. The Morgan fingerprint density at radius 3 is 3.06 bits per heavy atom. The van der Waals surface area contributed by atoms with Gasteiger partial charge >= 0.3 is 0 Å². The van der Waals surface area contributed by atoms with E-state index in [1.165, 1.54) is 6.07 Å². The van der Waals surface area contributed by atoms with Crippen molar-refractivity contribution in [2.24, 2.45) is 0 Å². The molecule has 0 spiro atoms. The van der Waals surface area contributed by atoms with Gasteiger partial charge in [0.15, 0.2) is 0 Å². The Hall–Kier alpha value is -0.970. The first-order valence-electron chi connectivity index (χ1n) is 6.41. The molecule has 0 amide bonds. The Morgan fingerprint density at radius 2 is 2.33 bits per heavy atom. The number of rotatable bonds is 5. The molecule has 2 rings (SSSR count). The standard InChI is InChI=1S/C14H20FNO2/c1-11(7-12-3-2-4-13(15)8-12)16-9-14-10-17-5-6-18-14/h2-4,8,11,14,16H,5-7,9-10H2,1H3. The number of hydrogen-bond donors (Lipinski definition) is 1. The highest BCUT2D eigenvalue weighted by Gasteiger charge is 2.15. The van der Waals surface area contributed by atoms with E-state index < -0.39 is 0 Å². The van der Waals surface area contributed by atoms with Gasteiger partial charge in [0.25, 0.3) is 0 Å². The lowest BCUT2D eigenvalue weighted by Crippen LogP contribution is -2.41. The molecule has 0 bridgehead atoms. The van der Waals surface area contributed by atoms with Crippen molar-refractivity contribution >= 4 is 0 Å². The van der Waals surface area contributed by atoms with Gasteiger partial charge in [0.1, 0.15) is 5.82 Å². The highest BCUT2D eigenvalue weighted by molar-refractivity contribution is 5.17. The molecule has 0 aliphatic carbocycles. The van der Waals surface area contributed by atoms with Crippen LogP contribution in [-0.4, -0.2) is 38.5 Å². The number of benzene rings is 1. The Morgan fingerprint density at radius 1 is 1.44 bits per heavy atom. The zero-order valence-corrected chi connectivity index (χ0v) is 10.7. The van der Waals surface area contributed by atoms with Gasteiger partial charge in [-0.2, -0.15) is 0 Å². The fourth-order valence-corrected chi connectivity index (χ4v) is 2.08. The number of ether oxygens (including phenoxy) is 2. The Labute approximate surface area is 107 Å². The average molecular weight is 253 g/mol. The molecule has 3 nitrogen and oxygen atoms in total. The maximum Gasteiger partial charge on any atom is 0.123 e. The molecular weight excluding hydrogens is 233 g/mol. The van der Waals surface area contributed by atoms with Crippen LogP contribution in [0.4, 0.5) is 4.39 Å². The summed E-state index contributed by atoms with van der Waals surface area (Å²) in [5, 5.41) is 3.39. The van der Waals surface area contributed by atoms with Crippen LogP contribution in [0.15, 0.2) is 24.3 Å². The smallest absolute Gasteiger partial charge is 0.123 e. The third kappa shape index (κ3) is 4.37. The van der Waals surface area contributed by atoms with Crippen molar-refractivity contribution in [1.82, 2.24) is 5.32 Å². The summed E-state index contributed by atoms with van der Waals surface area (Å²) in [5.74, 6) is -0.177. The average Bonchev–Trinajstić information content (AvgIpc) is 2.38. The topological polar surface area (TPSA) is 30.5 Å². The monoisotopic (exact) mass is 253 g/mol.